The van der Waals surface area contributed by atoms with Gasteiger partial charge in [-0.15, -0.1) is 11.3 Å². The number of alkyl carbamates (subject to hydrolysis) is 1. The molecular weight excluding hydrogens is 634 g/mol. The van der Waals surface area contributed by atoms with Crippen LogP contribution >= 0.6 is 11.3 Å². The number of amides is 3. The number of aromatic nitrogens is 2. The van der Waals surface area contributed by atoms with Gasteiger partial charge in [-0.25, -0.2) is 19.6 Å². The Labute approximate surface area is 282 Å². The smallest absolute Gasteiger partial charge is 0.408 e. The molecule has 1 aromatic carbocycles. The van der Waals surface area contributed by atoms with Gasteiger partial charge in [-0.05, 0) is 70.0 Å². The molecular formula is C35H41N5O7S. The van der Waals surface area contributed by atoms with Gasteiger partial charge in [0, 0.05) is 12.3 Å². The second kappa shape index (κ2) is 13.5. The first-order valence-electron chi connectivity index (χ1n) is 16.4. The second-order valence-corrected chi connectivity index (χ2v) is 14.6. The van der Waals surface area contributed by atoms with Gasteiger partial charge < -0.3 is 30.1 Å². The standard InChI is InChI=1S/C35H41N5O7S/c1-34(2,3)47-33(45)38-25-15-8-6-4-5-7-12-21-19-35(21,32(43)44)39-29(41)26-18-22(20-40(26)31(25)42)46-30-28(27-16-11-17-48-27)36-23-13-9-10-14-24(23)37-30/h7,9-14,16-17,21-22,25-26H,4-6,8,15,18-20H2,1-3H3,(H,38,45)(H,39,41)(H,43,44)/t21-,22-,25+,26+,35?/m1/s1. The van der Waals surface area contributed by atoms with E-state index in [1.165, 1.54) is 16.2 Å². The number of nitrogens with zero attached hydrogens (tertiary/aromatic N) is 3. The number of carboxylic acids is 1. The van der Waals surface area contributed by atoms with E-state index in [0.717, 1.165) is 24.1 Å². The fraction of sp³-hybridized carbons (Fsp3) is 0.486. The summed E-state index contributed by atoms with van der Waals surface area (Å²) in [5.74, 6) is -2.23. The molecule has 0 bridgehead atoms. The number of para-hydroxylation sites is 2. The first-order chi connectivity index (χ1) is 22.9. The summed E-state index contributed by atoms with van der Waals surface area (Å²) in [7, 11) is 0. The molecule has 0 radical (unpaired) electrons. The number of ether oxygens (including phenoxy) is 2. The van der Waals surface area contributed by atoms with Crippen molar-refractivity contribution >= 4 is 46.2 Å². The highest BCUT2D eigenvalue weighted by atomic mass is 32.1. The van der Waals surface area contributed by atoms with Crippen molar-refractivity contribution in [2.24, 2.45) is 5.92 Å². The van der Waals surface area contributed by atoms with Gasteiger partial charge >= 0.3 is 12.1 Å². The normalized spacial score (nSPS) is 26.4. The summed E-state index contributed by atoms with van der Waals surface area (Å²) < 4.78 is 12.0. The Morgan fingerprint density at radius 2 is 1.85 bits per heavy atom. The molecule has 3 amide bonds. The van der Waals surface area contributed by atoms with Gasteiger partial charge in [0.1, 0.15) is 35.0 Å². The summed E-state index contributed by atoms with van der Waals surface area (Å²) in [6, 6.07) is 9.27. The molecule has 2 aliphatic heterocycles. The number of allylic oxidation sites excluding steroid dienone is 1. The van der Waals surface area contributed by atoms with E-state index in [1.54, 1.807) is 20.8 Å². The largest absolute Gasteiger partial charge is 0.479 e. The third-order valence-corrected chi connectivity index (χ3v) is 9.76. The number of carbonyl (C=O) groups is 4. The second-order valence-electron chi connectivity index (χ2n) is 13.7. The van der Waals surface area contributed by atoms with E-state index in [4.69, 9.17) is 19.4 Å². The average molecular weight is 676 g/mol. The van der Waals surface area contributed by atoms with E-state index in [2.05, 4.69) is 10.6 Å². The number of thiophene rings is 1. The number of fused-ring (bicyclic) bond motifs is 3. The molecule has 6 rings (SSSR count). The lowest BCUT2D eigenvalue weighted by atomic mass is 10.0. The zero-order valence-corrected chi connectivity index (χ0v) is 28.1. The Bertz CT molecular complexity index is 1720. The maximum Gasteiger partial charge on any atom is 0.408 e. The van der Waals surface area contributed by atoms with Crippen molar-refractivity contribution in [2.45, 2.75) is 95.0 Å². The predicted molar refractivity (Wildman–Crippen MR) is 179 cm³/mol. The first-order valence-corrected chi connectivity index (χ1v) is 17.3. The Hall–Kier alpha value is -4.52. The van der Waals surface area contributed by atoms with E-state index in [1.807, 2.05) is 53.9 Å². The van der Waals surface area contributed by atoms with Crippen LogP contribution < -0.4 is 15.4 Å². The SMILES string of the molecule is CC(C)(C)OC(=O)N[C@H]1CCCCCC=C[C@@H]2CC2(C(=O)O)NC(=O)[C@@H]2C[C@@H](Oc3nc4ccccc4nc3-c3cccs3)CN2C1=O. The zero-order valence-electron chi connectivity index (χ0n) is 27.3. The number of hydrogen-bond acceptors (Lipinski definition) is 9. The summed E-state index contributed by atoms with van der Waals surface area (Å²) in [6.07, 6.45) is 6.18. The highest BCUT2D eigenvalue weighted by molar-refractivity contribution is 7.13. The Morgan fingerprint density at radius 3 is 2.56 bits per heavy atom. The molecule has 13 heteroatoms. The number of carboxylic acid groups (broad SMARTS) is 1. The number of carbonyl (C=O) groups excluding carboxylic acids is 3. The van der Waals surface area contributed by atoms with Crippen LogP contribution in [0.5, 0.6) is 5.88 Å². The van der Waals surface area contributed by atoms with Gasteiger partial charge in [0.05, 0.1) is 22.5 Å². The van der Waals surface area contributed by atoms with Crippen molar-refractivity contribution in [3.05, 3.63) is 53.9 Å². The van der Waals surface area contributed by atoms with Crippen molar-refractivity contribution in [1.82, 2.24) is 25.5 Å². The van der Waals surface area contributed by atoms with Crippen LogP contribution in [0.25, 0.3) is 21.6 Å². The summed E-state index contributed by atoms with van der Waals surface area (Å²) in [5, 5.41) is 17.6. The topological polar surface area (TPSA) is 160 Å². The minimum Gasteiger partial charge on any atom is -0.479 e. The predicted octanol–water partition coefficient (Wildman–Crippen LogP) is 5.08. The number of benzene rings is 1. The van der Waals surface area contributed by atoms with Crippen LogP contribution in [-0.2, 0) is 19.1 Å². The number of nitrogens with one attached hydrogen (secondary N) is 2. The summed E-state index contributed by atoms with van der Waals surface area (Å²) in [6.45, 7) is 5.24. The fourth-order valence-electron chi connectivity index (χ4n) is 6.39. The van der Waals surface area contributed by atoms with Crippen molar-refractivity contribution < 1.29 is 33.8 Å². The minimum atomic E-state index is -1.44. The molecule has 1 saturated carbocycles. The number of hydrogen-bond donors (Lipinski definition) is 3. The fourth-order valence-corrected chi connectivity index (χ4v) is 7.10. The minimum absolute atomic E-state index is 0.0191. The third-order valence-electron chi connectivity index (χ3n) is 8.88. The van der Waals surface area contributed by atoms with Crippen LogP contribution in [0.3, 0.4) is 0 Å². The molecule has 4 heterocycles. The summed E-state index contributed by atoms with van der Waals surface area (Å²) in [4.78, 5) is 65.5. The van der Waals surface area contributed by atoms with E-state index in [-0.39, 0.29) is 31.2 Å². The van der Waals surface area contributed by atoms with Gasteiger partial charge in [0.15, 0.2) is 0 Å². The maximum absolute atomic E-state index is 14.3. The lowest BCUT2D eigenvalue weighted by Crippen LogP contribution is -2.56. The van der Waals surface area contributed by atoms with Crippen molar-refractivity contribution in [3.8, 4) is 16.5 Å². The molecule has 0 spiro atoms. The van der Waals surface area contributed by atoms with Gasteiger partial charge in [-0.1, -0.05) is 43.2 Å². The van der Waals surface area contributed by atoms with Crippen molar-refractivity contribution in [2.75, 3.05) is 6.54 Å². The first kappa shape index (κ1) is 33.4. The summed E-state index contributed by atoms with van der Waals surface area (Å²) >= 11 is 1.49. The molecule has 5 atom stereocenters. The zero-order chi connectivity index (χ0) is 34.1. The molecule has 3 aliphatic rings. The molecule has 48 heavy (non-hydrogen) atoms. The molecule has 1 saturated heterocycles. The number of aliphatic carboxylic acids is 1. The molecule has 254 valence electrons. The molecule has 12 nitrogen and oxygen atoms in total. The Kier molecular flexibility index (Phi) is 9.41. The van der Waals surface area contributed by atoms with E-state index >= 15 is 0 Å². The third kappa shape index (κ3) is 7.30. The Balaban J connectivity index is 1.32. The number of rotatable bonds is 5. The molecule has 1 aliphatic carbocycles. The molecule has 2 aromatic heterocycles. The van der Waals surface area contributed by atoms with Crippen LogP contribution in [-0.4, -0.2) is 79.7 Å². The van der Waals surface area contributed by atoms with Gasteiger partial charge in [-0.2, -0.15) is 0 Å². The van der Waals surface area contributed by atoms with Gasteiger partial charge in [0.25, 0.3) is 0 Å². The molecule has 1 unspecified atom stereocenters. The quantitative estimate of drug-likeness (QED) is 0.314. The van der Waals surface area contributed by atoms with Crippen LogP contribution in [0.15, 0.2) is 53.9 Å². The molecule has 3 N–H and O–H groups in total. The highest BCUT2D eigenvalue weighted by Gasteiger charge is 2.61. The highest BCUT2D eigenvalue weighted by Crippen LogP contribution is 2.45. The maximum atomic E-state index is 14.3. The monoisotopic (exact) mass is 675 g/mol. The lowest BCUT2D eigenvalue weighted by Gasteiger charge is -2.30. The van der Waals surface area contributed by atoms with E-state index < -0.39 is 53.2 Å². The molecule has 3 aromatic rings. The van der Waals surface area contributed by atoms with Crippen LogP contribution in [0.2, 0.25) is 0 Å². The van der Waals surface area contributed by atoms with Crippen molar-refractivity contribution in [3.63, 3.8) is 0 Å². The summed E-state index contributed by atoms with van der Waals surface area (Å²) in [5.41, 5.74) is -0.337. The van der Waals surface area contributed by atoms with Gasteiger partial charge in [-0.3, -0.25) is 9.59 Å². The van der Waals surface area contributed by atoms with E-state index in [9.17, 15) is 24.3 Å². The van der Waals surface area contributed by atoms with Crippen molar-refractivity contribution in [1.29, 1.82) is 0 Å². The van der Waals surface area contributed by atoms with E-state index in [0.29, 0.717) is 29.6 Å². The van der Waals surface area contributed by atoms with Gasteiger partial charge in [0.2, 0.25) is 17.7 Å². The van der Waals surface area contributed by atoms with Crippen LogP contribution in [0, 0.1) is 5.92 Å². The van der Waals surface area contributed by atoms with Crippen LogP contribution in [0.4, 0.5) is 4.79 Å². The lowest BCUT2D eigenvalue weighted by molar-refractivity contribution is -0.145. The van der Waals surface area contributed by atoms with Crippen LogP contribution in [0.1, 0.15) is 65.7 Å². The Morgan fingerprint density at radius 1 is 1.08 bits per heavy atom. The average Bonchev–Trinajstić information content (AvgIpc) is 3.34. The molecule has 2 fully saturated rings.